The van der Waals surface area contributed by atoms with Crippen LogP contribution in [0.15, 0.2) is 54.6 Å². The number of aromatic nitrogens is 3. The van der Waals surface area contributed by atoms with Gasteiger partial charge < -0.3 is 10.5 Å². The molecule has 0 saturated heterocycles. The molecule has 2 aromatic heterocycles. The third-order valence-electron chi connectivity index (χ3n) is 4.16. The SMILES string of the molecule is COc1ccc2cc3c(N)nn(C(=O)C=Cc4cccc(Cl)c4)c3nc2c1. The number of hydrogen-bond acceptors (Lipinski definition) is 5. The van der Waals surface area contributed by atoms with Crippen LogP contribution >= 0.6 is 11.6 Å². The first-order valence-corrected chi connectivity index (χ1v) is 8.54. The van der Waals surface area contributed by atoms with E-state index >= 15 is 0 Å². The van der Waals surface area contributed by atoms with Crippen molar-refractivity contribution in [2.75, 3.05) is 12.8 Å². The molecular weight excluding hydrogens is 364 g/mol. The first-order chi connectivity index (χ1) is 13.0. The standard InChI is InChI=1S/C20H15ClN4O2/c1-27-15-7-6-13-10-16-19(22)24-25(20(16)23-17(13)11-15)18(26)8-5-12-3-2-4-14(21)9-12/h2-11H,1H3,(H2,22,24). The molecule has 6 nitrogen and oxygen atoms in total. The largest absolute Gasteiger partial charge is 0.497 e. The summed E-state index contributed by atoms with van der Waals surface area (Å²) >= 11 is 5.97. The number of rotatable bonds is 3. The van der Waals surface area contributed by atoms with E-state index in [0.29, 0.717) is 27.3 Å². The Bertz CT molecular complexity index is 1210. The molecule has 4 rings (SSSR count). The van der Waals surface area contributed by atoms with Gasteiger partial charge in [-0.1, -0.05) is 23.7 Å². The monoisotopic (exact) mass is 378 g/mol. The van der Waals surface area contributed by atoms with Gasteiger partial charge in [0.25, 0.3) is 5.91 Å². The van der Waals surface area contributed by atoms with E-state index in [1.54, 1.807) is 31.4 Å². The molecule has 0 aliphatic heterocycles. The number of pyridine rings is 1. The number of carbonyl (C=O) groups excluding carboxylic acids is 1. The molecule has 0 atom stereocenters. The Morgan fingerprint density at radius 2 is 2.07 bits per heavy atom. The Morgan fingerprint density at radius 3 is 2.85 bits per heavy atom. The van der Waals surface area contributed by atoms with E-state index in [4.69, 9.17) is 22.1 Å². The average molecular weight is 379 g/mol. The van der Waals surface area contributed by atoms with Crippen LogP contribution in [0.2, 0.25) is 5.02 Å². The van der Waals surface area contributed by atoms with Gasteiger partial charge in [0.1, 0.15) is 5.75 Å². The van der Waals surface area contributed by atoms with Crippen LogP contribution in [0.4, 0.5) is 5.82 Å². The molecule has 0 fully saturated rings. The molecule has 0 bridgehead atoms. The minimum Gasteiger partial charge on any atom is -0.497 e. The lowest BCUT2D eigenvalue weighted by molar-refractivity contribution is 0.0960. The van der Waals surface area contributed by atoms with Crippen molar-refractivity contribution in [2.45, 2.75) is 0 Å². The summed E-state index contributed by atoms with van der Waals surface area (Å²) in [5.41, 5.74) is 7.89. The quantitative estimate of drug-likeness (QED) is 0.540. The zero-order chi connectivity index (χ0) is 19.0. The second-order valence-corrected chi connectivity index (χ2v) is 6.38. The van der Waals surface area contributed by atoms with E-state index in [9.17, 15) is 4.79 Å². The van der Waals surface area contributed by atoms with E-state index < -0.39 is 0 Å². The minimum atomic E-state index is -0.355. The van der Waals surface area contributed by atoms with E-state index in [0.717, 1.165) is 10.9 Å². The van der Waals surface area contributed by atoms with Gasteiger partial charge >= 0.3 is 0 Å². The maximum absolute atomic E-state index is 12.6. The second-order valence-electron chi connectivity index (χ2n) is 5.94. The fourth-order valence-corrected chi connectivity index (χ4v) is 3.02. The predicted octanol–water partition coefficient (Wildman–Crippen LogP) is 4.18. The highest BCUT2D eigenvalue weighted by atomic mass is 35.5. The molecule has 0 saturated carbocycles. The molecule has 7 heteroatoms. The molecule has 0 unspecified atom stereocenters. The van der Waals surface area contributed by atoms with Crippen LogP contribution in [0.1, 0.15) is 10.4 Å². The van der Waals surface area contributed by atoms with Crippen molar-refractivity contribution < 1.29 is 9.53 Å². The number of halogens is 1. The van der Waals surface area contributed by atoms with Crippen molar-refractivity contribution in [3.63, 3.8) is 0 Å². The number of nitrogens with zero attached hydrogens (tertiary/aromatic N) is 3. The van der Waals surface area contributed by atoms with Gasteiger partial charge in [0.05, 0.1) is 18.0 Å². The molecule has 4 aromatic rings. The van der Waals surface area contributed by atoms with Crippen LogP contribution in [-0.2, 0) is 0 Å². The number of benzene rings is 2. The lowest BCUT2D eigenvalue weighted by Gasteiger charge is -2.03. The van der Waals surface area contributed by atoms with Crippen LogP contribution in [0.25, 0.3) is 28.0 Å². The van der Waals surface area contributed by atoms with Crippen LogP contribution < -0.4 is 10.5 Å². The summed E-state index contributed by atoms with van der Waals surface area (Å²) in [7, 11) is 1.59. The molecule has 0 radical (unpaired) electrons. The van der Waals surface area contributed by atoms with Crippen molar-refractivity contribution in [2.24, 2.45) is 0 Å². The number of methoxy groups -OCH3 is 1. The highest BCUT2D eigenvalue weighted by Gasteiger charge is 2.15. The van der Waals surface area contributed by atoms with Crippen molar-refractivity contribution >= 4 is 51.3 Å². The summed E-state index contributed by atoms with van der Waals surface area (Å²) in [4.78, 5) is 17.2. The topological polar surface area (TPSA) is 83.0 Å². The van der Waals surface area contributed by atoms with Crippen molar-refractivity contribution in [1.29, 1.82) is 0 Å². The third-order valence-corrected chi connectivity index (χ3v) is 4.40. The number of anilines is 1. The number of fused-ring (bicyclic) bond motifs is 2. The van der Waals surface area contributed by atoms with Gasteiger partial charge in [0.2, 0.25) is 0 Å². The normalized spacial score (nSPS) is 11.5. The molecule has 27 heavy (non-hydrogen) atoms. The second kappa shape index (κ2) is 6.74. The van der Waals surface area contributed by atoms with E-state index in [1.807, 2.05) is 30.3 Å². The summed E-state index contributed by atoms with van der Waals surface area (Å²) in [6, 6.07) is 14.6. The zero-order valence-electron chi connectivity index (χ0n) is 14.4. The Kier molecular flexibility index (Phi) is 4.25. The smallest absolute Gasteiger partial charge is 0.272 e. The van der Waals surface area contributed by atoms with Gasteiger partial charge in [-0.2, -0.15) is 4.68 Å². The van der Waals surface area contributed by atoms with Gasteiger partial charge in [0, 0.05) is 22.6 Å². The van der Waals surface area contributed by atoms with Crippen molar-refractivity contribution in [3.8, 4) is 5.75 Å². The van der Waals surface area contributed by atoms with E-state index in [1.165, 1.54) is 10.8 Å². The van der Waals surface area contributed by atoms with E-state index in [2.05, 4.69) is 10.1 Å². The van der Waals surface area contributed by atoms with Gasteiger partial charge in [-0.3, -0.25) is 4.79 Å². The molecule has 2 aromatic carbocycles. The highest BCUT2D eigenvalue weighted by molar-refractivity contribution is 6.30. The maximum atomic E-state index is 12.6. The predicted molar refractivity (Wildman–Crippen MR) is 107 cm³/mol. The maximum Gasteiger partial charge on any atom is 0.272 e. The Morgan fingerprint density at radius 1 is 1.22 bits per heavy atom. The summed E-state index contributed by atoms with van der Waals surface area (Å²) in [5.74, 6) is 0.576. The van der Waals surface area contributed by atoms with Gasteiger partial charge in [-0.25, -0.2) is 4.98 Å². The van der Waals surface area contributed by atoms with Gasteiger partial charge in [-0.05, 0) is 42.0 Å². The van der Waals surface area contributed by atoms with Crippen LogP contribution in [0, 0.1) is 0 Å². The Labute approximate surface area is 159 Å². The van der Waals surface area contributed by atoms with Crippen LogP contribution in [0.3, 0.4) is 0 Å². The van der Waals surface area contributed by atoms with Crippen LogP contribution in [0.5, 0.6) is 5.75 Å². The van der Waals surface area contributed by atoms with Crippen LogP contribution in [-0.4, -0.2) is 27.8 Å². The third kappa shape index (κ3) is 3.22. The number of nitrogens with two attached hydrogens (primary N) is 1. The molecule has 2 heterocycles. The number of hydrogen-bond donors (Lipinski definition) is 1. The Balaban J connectivity index is 1.78. The fraction of sp³-hybridized carbons (Fsp3) is 0.0500. The molecule has 134 valence electrons. The molecule has 0 aliphatic carbocycles. The van der Waals surface area contributed by atoms with Crippen molar-refractivity contribution in [3.05, 3.63) is 65.2 Å². The molecule has 0 amide bonds. The number of carbonyl (C=O) groups is 1. The highest BCUT2D eigenvalue weighted by Crippen LogP contribution is 2.26. The minimum absolute atomic E-state index is 0.250. The molecule has 0 spiro atoms. The summed E-state index contributed by atoms with van der Waals surface area (Å²) in [5, 5.41) is 6.26. The molecule has 0 aliphatic rings. The summed E-state index contributed by atoms with van der Waals surface area (Å²) < 4.78 is 6.44. The lowest BCUT2D eigenvalue weighted by Crippen LogP contribution is -2.10. The number of nitrogen functional groups attached to an aromatic ring is 1. The lowest BCUT2D eigenvalue weighted by atomic mass is 10.2. The van der Waals surface area contributed by atoms with Gasteiger partial charge in [-0.15, -0.1) is 5.10 Å². The average Bonchev–Trinajstić information content (AvgIpc) is 3.00. The number of ether oxygens (including phenoxy) is 1. The number of allylic oxidation sites excluding steroid dienone is 1. The summed E-state index contributed by atoms with van der Waals surface area (Å²) in [6.45, 7) is 0. The van der Waals surface area contributed by atoms with Crippen molar-refractivity contribution in [1.82, 2.24) is 14.8 Å². The summed E-state index contributed by atoms with van der Waals surface area (Å²) in [6.07, 6.45) is 3.08. The Hall–Kier alpha value is -3.38. The molecular formula is C20H15ClN4O2. The first kappa shape index (κ1) is 17.1. The van der Waals surface area contributed by atoms with E-state index in [-0.39, 0.29) is 11.7 Å². The zero-order valence-corrected chi connectivity index (χ0v) is 15.1. The first-order valence-electron chi connectivity index (χ1n) is 8.16. The molecule has 2 N–H and O–H groups in total. The fourth-order valence-electron chi connectivity index (χ4n) is 2.82. The van der Waals surface area contributed by atoms with Gasteiger partial charge in [0.15, 0.2) is 11.5 Å².